The summed E-state index contributed by atoms with van der Waals surface area (Å²) in [5, 5.41) is 0. The third-order valence-corrected chi connectivity index (χ3v) is 9.15. The van der Waals surface area contributed by atoms with E-state index in [2.05, 4.69) is 19.7 Å². The molecule has 0 nitrogen and oxygen atoms in total. The molecule has 1 aliphatic rings. The van der Waals surface area contributed by atoms with Gasteiger partial charge in [0.2, 0.25) is 0 Å². The molecule has 0 aromatic heterocycles. The second-order valence-electron chi connectivity index (χ2n) is 1.65. The molecule has 0 fully saturated rings. The third kappa shape index (κ3) is 1.73. The van der Waals surface area contributed by atoms with E-state index in [1.165, 1.54) is 8.20 Å². The van der Waals surface area contributed by atoms with Crippen LogP contribution < -0.4 is 0 Å². The van der Waals surface area contributed by atoms with Crippen molar-refractivity contribution in [2.75, 3.05) is 0 Å². The first-order chi connectivity index (χ1) is 3.29. The first-order valence-electron chi connectivity index (χ1n) is 2.27. The van der Waals surface area contributed by atoms with E-state index in [1.54, 1.807) is 4.93 Å². The quantitative estimate of drug-likeness (QED) is 0.594. The number of hydrogen-bond donors (Lipinski definition) is 0. The van der Waals surface area contributed by atoms with Crippen molar-refractivity contribution in [3.8, 4) is 0 Å². The SMILES string of the molecule is C[C]1=CP=[C](C)[U]1. The molecule has 0 spiro atoms. The van der Waals surface area contributed by atoms with Crippen LogP contribution in [-0.2, 0) is 0 Å². The molecular weight excluding hydrogens is 329 g/mol. The maximum absolute atomic E-state index is 2.37. The van der Waals surface area contributed by atoms with Crippen LogP contribution in [0.5, 0.6) is 0 Å². The minimum atomic E-state index is -0.389. The molecule has 0 aliphatic carbocycles. The van der Waals surface area contributed by atoms with E-state index < -0.39 is 0 Å². The number of hydrogen-bond acceptors (Lipinski definition) is 0. The fourth-order valence-corrected chi connectivity index (χ4v) is 8.31. The van der Waals surface area contributed by atoms with Gasteiger partial charge in [-0.25, -0.2) is 0 Å². The van der Waals surface area contributed by atoms with Gasteiger partial charge < -0.3 is 0 Å². The van der Waals surface area contributed by atoms with Gasteiger partial charge in [0.25, 0.3) is 0 Å². The number of allylic oxidation sites excluding steroid dienone is 1. The molecule has 0 saturated heterocycles. The summed E-state index contributed by atoms with van der Waals surface area (Å²) in [5.41, 5.74) is 0. The molecule has 0 aromatic carbocycles. The zero-order valence-electron chi connectivity index (χ0n) is 4.52. The summed E-state index contributed by atoms with van der Waals surface area (Å²) < 4.78 is 3.53. The van der Waals surface area contributed by atoms with Gasteiger partial charge in [-0.2, -0.15) is 0 Å². The summed E-state index contributed by atoms with van der Waals surface area (Å²) >= 11 is -0.389. The molecule has 0 unspecified atom stereocenters. The second kappa shape index (κ2) is 2.49. The molecule has 0 N–H and O–H groups in total. The first kappa shape index (κ1) is 6.09. The first-order valence-corrected chi connectivity index (χ1v) is 7.40. The van der Waals surface area contributed by atoms with Crippen LogP contribution in [0.1, 0.15) is 13.8 Å². The fourth-order valence-electron chi connectivity index (χ4n) is 0.544. The Bertz CT molecular complexity index is 119. The summed E-state index contributed by atoms with van der Waals surface area (Å²) in [5.74, 6) is 2.37. The van der Waals surface area contributed by atoms with Gasteiger partial charge in [0.1, 0.15) is 0 Å². The zero-order chi connectivity index (χ0) is 5.28. The fraction of sp³-hybridized carbons (Fsp3) is 0.400. The predicted molar refractivity (Wildman–Crippen MR) is 31.4 cm³/mol. The van der Waals surface area contributed by atoms with Crippen molar-refractivity contribution >= 4 is 10.5 Å². The van der Waals surface area contributed by atoms with Crippen LogP contribution in [0.3, 0.4) is 0 Å². The summed E-state index contributed by atoms with van der Waals surface area (Å²) in [6, 6.07) is 0. The summed E-state index contributed by atoms with van der Waals surface area (Å²) in [4.78, 5) is 0. The molecule has 0 amide bonds. The van der Waals surface area contributed by atoms with Gasteiger partial charge in [-0.15, -0.1) is 0 Å². The van der Waals surface area contributed by atoms with E-state index in [-0.39, 0.29) is 27.7 Å². The average Bonchev–Trinajstić information content (AvgIpc) is 1.87. The van der Waals surface area contributed by atoms with Crippen molar-refractivity contribution in [3.05, 3.63) is 8.42 Å². The minimum absolute atomic E-state index is 0.389. The van der Waals surface area contributed by atoms with Gasteiger partial charge in [0.15, 0.2) is 0 Å². The van der Waals surface area contributed by atoms with Gasteiger partial charge in [-0.3, -0.25) is 0 Å². The van der Waals surface area contributed by atoms with E-state index >= 15 is 0 Å². The Labute approximate surface area is 60.2 Å². The topological polar surface area (TPSA) is 0 Å². The Morgan fingerprint density at radius 2 is 2.29 bits per heavy atom. The normalized spacial score (nSPS) is 19.1. The van der Waals surface area contributed by atoms with Crippen LogP contribution in [0.25, 0.3) is 0 Å². The summed E-state index contributed by atoms with van der Waals surface area (Å²) in [7, 11) is 1.53. The van der Waals surface area contributed by atoms with Gasteiger partial charge in [-0.05, 0) is 0 Å². The van der Waals surface area contributed by atoms with E-state index in [4.69, 9.17) is 0 Å². The van der Waals surface area contributed by atoms with Crippen LogP contribution in [0, 0.1) is 27.7 Å². The summed E-state index contributed by atoms with van der Waals surface area (Å²) in [6.45, 7) is 4.57. The van der Waals surface area contributed by atoms with E-state index in [9.17, 15) is 0 Å². The molecule has 0 saturated carbocycles. The summed E-state index contributed by atoms with van der Waals surface area (Å²) in [6.07, 6.45) is 0. The third-order valence-electron chi connectivity index (χ3n) is 0.830. The molecule has 0 bridgehead atoms. The molecule has 2 heteroatoms. The van der Waals surface area contributed by atoms with E-state index in [0.29, 0.717) is 0 Å². The molecular formula is C5H7PU. The molecule has 0 atom stereocenters. The molecule has 1 rings (SSSR count). The standard InChI is InChI=1S/C5H7P.U/c1-3-5-6-4-2;/h5H,1-2H3;. The van der Waals surface area contributed by atoms with Crippen molar-refractivity contribution in [2.24, 2.45) is 0 Å². The molecule has 36 valence electrons. The van der Waals surface area contributed by atoms with Crippen molar-refractivity contribution in [1.29, 1.82) is 0 Å². The maximum atomic E-state index is 2.37. The zero-order valence-corrected chi connectivity index (χ0v) is 9.58. The molecule has 7 heavy (non-hydrogen) atoms. The van der Waals surface area contributed by atoms with Crippen LogP contribution in [0.4, 0.5) is 0 Å². The Morgan fingerprint density at radius 3 is 2.43 bits per heavy atom. The van der Waals surface area contributed by atoms with Gasteiger partial charge in [0.05, 0.1) is 0 Å². The average molecular weight is 336 g/mol. The van der Waals surface area contributed by atoms with Crippen molar-refractivity contribution in [3.63, 3.8) is 0 Å². The van der Waals surface area contributed by atoms with Gasteiger partial charge in [0, 0.05) is 0 Å². The molecule has 1 aliphatic heterocycles. The molecule has 1 heterocycles. The van der Waals surface area contributed by atoms with Crippen molar-refractivity contribution in [2.45, 2.75) is 13.8 Å². The molecule has 0 radical (unpaired) electrons. The van der Waals surface area contributed by atoms with Crippen molar-refractivity contribution in [1.82, 2.24) is 0 Å². The Hall–Kier alpha value is 0.962. The Kier molecular flexibility index (Phi) is 2.17. The van der Waals surface area contributed by atoms with Crippen LogP contribution in [-0.4, -0.2) is 2.33 Å². The second-order valence-corrected chi connectivity index (χ2v) is 12.0. The van der Waals surface area contributed by atoms with Crippen LogP contribution in [0.2, 0.25) is 0 Å². The van der Waals surface area contributed by atoms with Crippen molar-refractivity contribution < 1.29 is 27.7 Å². The molecule has 0 aromatic rings. The Morgan fingerprint density at radius 1 is 1.57 bits per heavy atom. The predicted octanol–water partition coefficient (Wildman–Crippen LogP) is 2.04. The Balaban J connectivity index is 2.61. The van der Waals surface area contributed by atoms with Crippen LogP contribution in [0.15, 0.2) is 8.42 Å². The van der Waals surface area contributed by atoms with E-state index in [1.807, 2.05) is 0 Å². The van der Waals surface area contributed by atoms with Gasteiger partial charge in [-0.1, -0.05) is 0 Å². The van der Waals surface area contributed by atoms with Crippen LogP contribution >= 0.6 is 8.20 Å². The van der Waals surface area contributed by atoms with Gasteiger partial charge >= 0.3 is 60.5 Å². The number of rotatable bonds is 0. The van der Waals surface area contributed by atoms with E-state index in [0.717, 1.165) is 0 Å². The monoisotopic (exact) mass is 336 g/mol.